The highest BCUT2D eigenvalue weighted by atomic mass is 32.1. The van der Waals surface area contributed by atoms with Gasteiger partial charge in [0.15, 0.2) is 0 Å². The lowest BCUT2D eigenvalue weighted by molar-refractivity contribution is 0.0384. The summed E-state index contributed by atoms with van der Waals surface area (Å²) >= 11 is 4.31. The maximum absolute atomic E-state index is 13.3. The molecule has 1 aliphatic rings. The molecule has 0 radical (unpaired) electrons. The van der Waals surface area contributed by atoms with E-state index >= 15 is 0 Å². The van der Waals surface area contributed by atoms with Crippen LogP contribution in [0.3, 0.4) is 0 Å². The molecule has 1 saturated heterocycles. The number of amides is 1. The van der Waals surface area contributed by atoms with Gasteiger partial charge in [0, 0.05) is 63.3 Å². The summed E-state index contributed by atoms with van der Waals surface area (Å²) in [5.41, 5.74) is 6.89. The largest absolute Gasteiger partial charge is 0.385 e. The Morgan fingerprint density at radius 2 is 2.04 bits per heavy atom. The first-order valence-electron chi connectivity index (χ1n) is 9.50. The van der Waals surface area contributed by atoms with Crippen LogP contribution in [0.15, 0.2) is 42.5 Å². The molecule has 1 heterocycles. The maximum Gasteiger partial charge on any atom is 0.254 e. The number of carbonyl (C=O) groups excluding carboxylic acids is 1. The van der Waals surface area contributed by atoms with E-state index in [4.69, 9.17) is 10.5 Å². The molecule has 2 atom stereocenters. The number of thiol groups is 1. The molecule has 1 aliphatic heterocycles. The van der Waals surface area contributed by atoms with Crippen LogP contribution in [0, 0.1) is 0 Å². The van der Waals surface area contributed by atoms with Gasteiger partial charge in [-0.25, -0.2) is 0 Å². The molecular formula is C21H29N3O2S. The molecule has 2 aromatic rings. The van der Waals surface area contributed by atoms with E-state index in [-0.39, 0.29) is 18.0 Å². The number of nitrogens with two attached hydrogens (primary N) is 1. The van der Waals surface area contributed by atoms with Crippen molar-refractivity contribution in [3.63, 3.8) is 0 Å². The number of carbonyl (C=O) groups is 1. The molecule has 0 bridgehead atoms. The second-order valence-corrected chi connectivity index (χ2v) is 7.52. The van der Waals surface area contributed by atoms with Crippen molar-refractivity contribution >= 4 is 29.3 Å². The van der Waals surface area contributed by atoms with E-state index in [9.17, 15) is 4.79 Å². The van der Waals surface area contributed by atoms with Crippen LogP contribution >= 0.6 is 12.6 Å². The van der Waals surface area contributed by atoms with E-state index < -0.39 is 0 Å². The van der Waals surface area contributed by atoms with Gasteiger partial charge in [0.2, 0.25) is 0 Å². The molecule has 1 fully saturated rings. The van der Waals surface area contributed by atoms with Gasteiger partial charge in [-0.3, -0.25) is 9.69 Å². The molecule has 2 N–H and O–H groups in total. The number of fused-ring (bicyclic) bond motifs is 1. The fourth-order valence-corrected chi connectivity index (χ4v) is 3.90. The SMILES string of the molecule is COCCC1CN(C(=O)c2cccc3ccccc23)CCN1CC(N)CS. The number of piperazine rings is 1. The minimum Gasteiger partial charge on any atom is -0.385 e. The molecule has 1 amide bonds. The van der Waals surface area contributed by atoms with Crippen molar-refractivity contribution in [2.24, 2.45) is 5.73 Å². The lowest BCUT2D eigenvalue weighted by Crippen LogP contribution is -2.57. The second-order valence-electron chi connectivity index (χ2n) is 7.15. The Hall–Kier alpha value is -1.60. The van der Waals surface area contributed by atoms with E-state index in [1.165, 1.54) is 0 Å². The van der Waals surface area contributed by atoms with E-state index in [1.807, 2.05) is 47.4 Å². The van der Waals surface area contributed by atoms with Crippen molar-refractivity contribution in [1.82, 2.24) is 9.80 Å². The summed E-state index contributed by atoms with van der Waals surface area (Å²) in [6.07, 6.45) is 0.884. The predicted octanol–water partition coefficient (Wildman–Crippen LogP) is 2.26. The lowest BCUT2D eigenvalue weighted by Gasteiger charge is -2.42. The highest BCUT2D eigenvalue weighted by molar-refractivity contribution is 7.80. The van der Waals surface area contributed by atoms with Gasteiger partial charge in [-0.15, -0.1) is 0 Å². The number of nitrogens with zero attached hydrogens (tertiary/aromatic N) is 2. The molecule has 2 aromatic carbocycles. The average Bonchev–Trinajstić information content (AvgIpc) is 2.71. The highest BCUT2D eigenvalue weighted by Gasteiger charge is 2.30. The van der Waals surface area contributed by atoms with Gasteiger partial charge in [0.25, 0.3) is 5.91 Å². The molecule has 146 valence electrons. The van der Waals surface area contributed by atoms with E-state index in [2.05, 4.69) is 17.5 Å². The Bertz CT molecular complexity index is 765. The zero-order valence-electron chi connectivity index (χ0n) is 15.9. The summed E-state index contributed by atoms with van der Waals surface area (Å²) in [4.78, 5) is 17.6. The van der Waals surface area contributed by atoms with Crippen molar-refractivity contribution in [2.45, 2.75) is 18.5 Å². The van der Waals surface area contributed by atoms with Gasteiger partial charge in [0.1, 0.15) is 0 Å². The van der Waals surface area contributed by atoms with Crippen molar-refractivity contribution in [2.75, 3.05) is 45.6 Å². The fraction of sp³-hybridized carbons (Fsp3) is 0.476. The Morgan fingerprint density at radius 3 is 2.81 bits per heavy atom. The topological polar surface area (TPSA) is 58.8 Å². The quantitative estimate of drug-likeness (QED) is 0.716. The number of methoxy groups -OCH3 is 1. The smallest absolute Gasteiger partial charge is 0.254 e. The summed E-state index contributed by atoms with van der Waals surface area (Å²) in [5, 5.41) is 2.11. The summed E-state index contributed by atoms with van der Waals surface area (Å²) in [6, 6.07) is 14.3. The second kappa shape index (κ2) is 9.55. The first-order valence-corrected chi connectivity index (χ1v) is 10.1. The molecule has 3 rings (SSSR count). The van der Waals surface area contributed by atoms with Gasteiger partial charge in [-0.2, -0.15) is 12.6 Å². The van der Waals surface area contributed by atoms with E-state index in [0.29, 0.717) is 25.4 Å². The molecule has 2 unspecified atom stereocenters. The minimum absolute atomic E-state index is 0.0405. The van der Waals surface area contributed by atoms with Crippen LogP contribution < -0.4 is 5.73 Å². The zero-order chi connectivity index (χ0) is 19.2. The minimum atomic E-state index is 0.0405. The molecule has 0 aliphatic carbocycles. The fourth-order valence-electron chi connectivity index (χ4n) is 3.79. The van der Waals surface area contributed by atoms with Crippen molar-refractivity contribution < 1.29 is 9.53 Å². The lowest BCUT2D eigenvalue weighted by atomic mass is 10.0. The zero-order valence-corrected chi connectivity index (χ0v) is 16.8. The molecular weight excluding hydrogens is 358 g/mol. The van der Waals surface area contributed by atoms with Crippen molar-refractivity contribution in [3.8, 4) is 0 Å². The Kier molecular flexibility index (Phi) is 7.13. The number of ether oxygens (including phenoxy) is 1. The Balaban J connectivity index is 1.77. The van der Waals surface area contributed by atoms with Gasteiger partial charge in [-0.1, -0.05) is 36.4 Å². The molecule has 6 heteroatoms. The first-order chi connectivity index (χ1) is 13.1. The maximum atomic E-state index is 13.3. The normalized spacial score (nSPS) is 19.4. The van der Waals surface area contributed by atoms with Crippen LogP contribution in [0.2, 0.25) is 0 Å². The van der Waals surface area contributed by atoms with Gasteiger partial charge in [0.05, 0.1) is 0 Å². The monoisotopic (exact) mass is 387 g/mol. The number of hydrogen-bond acceptors (Lipinski definition) is 5. The number of hydrogen-bond donors (Lipinski definition) is 2. The molecule has 0 spiro atoms. The molecule has 27 heavy (non-hydrogen) atoms. The first kappa shape index (κ1) is 20.1. The van der Waals surface area contributed by atoms with Crippen molar-refractivity contribution in [3.05, 3.63) is 48.0 Å². The third-order valence-corrected chi connectivity index (χ3v) is 5.74. The van der Waals surface area contributed by atoms with Crippen LogP contribution in [-0.4, -0.2) is 73.4 Å². The standard InChI is InChI=1S/C21H29N3O2S/c1-26-12-9-18-14-24(11-10-23(18)13-17(22)15-27)21(25)20-8-4-6-16-5-2-3-7-19(16)20/h2-8,17-18,27H,9-15,22H2,1H3. The van der Waals surface area contributed by atoms with Crippen LogP contribution in [0.4, 0.5) is 0 Å². The van der Waals surface area contributed by atoms with Gasteiger partial charge in [-0.05, 0) is 23.3 Å². The number of benzene rings is 2. The summed E-state index contributed by atoms with van der Waals surface area (Å²) in [7, 11) is 1.71. The third-order valence-electron chi connectivity index (χ3n) is 5.27. The third kappa shape index (κ3) is 4.82. The average molecular weight is 388 g/mol. The Labute approximate surface area is 166 Å². The van der Waals surface area contributed by atoms with E-state index in [0.717, 1.165) is 35.8 Å². The van der Waals surface area contributed by atoms with Gasteiger partial charge < -0.3 is 15.4 Å². The van der Waals surface area contributed by atoms with Crippen molar-refractivity contribution in [1.29, 1.82) is 0 Å². The van der Waals surface area contributed by atoms with E-state index in [1.54, 1.807) is 7.11 Å². The predicted molar refractivity (Wildman–Crippen MR) is 114 cm³/mol. The van der Waals surface area contributed by atoms with Crippen LogP contribution in [-0.2, 0) is 4.74 Å². The van der Waals surface area contributed by atoms with Gasteiger partial charge >= 0.3 is 0 Å². The molecule has 0 saturated carbocycles. The summed E-state index contributed by atoms with van der Waals surface area (Å²) in [5.74, 6) is 0.763. The summed E-state index contributed by atoms with van der Waals surface area (Å²) in [6.45, 7) is 3.71. The summed E-state index contributed by atoms with van der Waals surface area (Å²) < 4.78 is 5.29. The van der Waals surface area contributed by atoms with Crippen LogP contribution in [0.25, 0.3) is 10.8 Å². The van der Waals surface area contributed by atoms with Crippen LogP contribution in [0.1, 0.15) is 16.8 Å². The Morgan fingerprint density at radius 1 is 1.26 bits per heavy atom. The van der Waals surface area contributed by atoms with Crippen LogP contribution in [0.5, 0.6) is 0 Å². The number of rotatable bonds is 7. The molecule has 5 nitrogen and oxygen atoms in total. The molecule has 0 aromatic heterocycles. The highest BCUT2D eigenvalue weighted by Crippen LogP contribution is 2.22.